The van der Waals surface area contributed by atoms with Crippen LogP contribution in [-0.2, 0) is 0 Å². The number of aryl methyl sites for hydroxylation is 1. The van der Waals surface area contributed by atoms with Gasteiger partial charge in [0, 0.05) is 0 Å². The third-order valence-corrected chi connectivity index (χ3v) is 5.73. The number of thiazole rings is 2. The monoisotopic (exact) mass is 370 g/mol. The molecule has 4 rings (SSSR count). The van der Waals surface area contributed by atoms with Crippen LogP contribution in [0.2, 0.25) is 0 Å². The minimum atomic E-state index is -0.361. The van der Waals surface area contributed by atoms with E-state index in [9.17, 15) is 4.79 Å². The number of carbonyl (C=O) groups is 1. The molecular weight excluding hydrogens is 356 g/mol. The van der Waals surface area contributed by atoms with Gasteiger partial charge >= 0.3 is 6.03 Å². The standard InChI is InChI=1S/C17H14N4O2S2/c1-9-18-11-7-8-12-15(14(11)24-9)25-17(20-12)21-16(22)19-10-5-3-4-6-13(10)23-2/h3-8H,1-2H3,(H2,19,20,21,22). The molecule has 0 saturated heterocycles. The van der Waals surface area contributed by atoms with E-state index in [2.05, 4.69) is 20.6 Å². The number of rotatable bonds is 3. The molecule has 25 heavy (non-hydrogen) atoms. The summed E-state index contributed by atoms with van der Waals surface area (Å²) in [5.74, 6) is 0.601. The number of fused-ring (bicyclic) bond motifs is 3. The minimum absolute atomic E-state index is 0.361. The summed E-state index contributed by atoms with van der Waals surface area (Å²) < 4.78 is 7.37. The first-order valence-corrected chi connectivity index (χ1v) is 9.15. The van der Waals surface area contributed by atoms with E-state index in [4.69, 9.17) is 4.74 Å². The molecule has 0 atom stereocenters. The largest absolute Gasteiger partial charge is 0.495 e. The molecular formula is C17H14N4O2S2. The van der Waals surface area contributed by atoms with E-state index in [0.717, 1.165) is 25.4 Å². The molecule has 0 bridgehead atoms. The first-order valence-electron chi connectivity index (χ1n) is 7.52. The topological polar surface area (TPSA) is 76.1 Å². The second-order valence-electron chi connectivity index (χ2n) is 5.29. The summed E-state index contributed by atoms with van der Waals surface area (Å²) in [4.78, 5) is 21.3. The molecule has 2 aromatic carbocycles. The van der Waals surface area contributed by atoms with E-state index < -0.39 is 0 Å². The van der Waals surface area contributed by atoms with E-state index >= 15 is 0 Å². The Balaban J connectivity index is 1.60. The smallest absolute Gasteiger partial charge is 0.325 e. The van der Waals surface area contributed by atoms with E-state index in [1.807, 2.05) is 31.2 Å². The third kappa shape index (κ3) is 3.01. The number of nitrogens with one attached hydrogen (secondary N) is 2. The average Bonchev–Trinajstić information content (AvgIpc) is 3.17. The highest BCUT2D eigenvalue weighted by atomic mass is 32.1. The number of aromatic nitrogens is 2. The fourth-order valence-electron chi connectivity index (χ4n) is 2.54. The number of hydrogen-bond donors (Lipinski definition) is 2. The second-order valence-corrected chi connectivity index (χ2v) is 7.50. The van der Waals surface area contributed by atoms with Gasteiger partial charge in [0.15, 0.2) is 5.13 Å². The SMILES string of the molecule is COc1ccccc1NC(=O)Nc1nc2ccc3nc(C)sc3c2s1. The van der Waals surface area contributed by atoms with Crippen LogP contribution < -0.4 is 15.4 Å². The van der Waals surface area contributed by atoms with Gasteiger partial charge in [-0.25, -0.2) is 14.8 Å². The zero-order valence-electron chi connectivity index (χ0n) is 13.5. The van der Waals surface area contributed by atoms with Gasteiger partial charge in [-0.2, -0.15) is 0 Å². The first kappa shape index (κ1) is 15.8. The number of nitrogens with zero attached hydrogens (tertiary/aromatic N) is 2. The Hall–Kier alpha value is -2.71. The maximum absolute atomic E-state index is 12.3. The lowest BCUT2D eigenvalue weighted by Gasteiger charge is -2.09. The quantitative estimate of drug-likeness (QED) is 0.539. The van der Waals surface area contributed by atoms with Crippen LogP contribution in [0.4, 0.5) is 15.6 Å². The Morgan fingerprint density at radius 1 is 1.00 bits per heavy atom. The lowest BCUT2D eigenvalue weighted by molar-refractivity contribution is 0.262. The van der Waals surface area contributed by atoms with E-state index in [-0.39, 0.29) is 6.03 Å². The lowest BCUT2D eigenvalue weighted by atomic mass is 10.3. The molecule has 0 saturated carbocycles. The van der Waals surface area contributed by atoms with E-state index in [1.165, 1.54) is 11.3 Å². The molecule has 4 aromatic rings. The molecule has 0 aliphatic heterocycles. The van der Waals surface area contributed by atoms with Crippen molar-refractivity contribution in [1.29, 1.82) is 0 Å². The summed E-state index contributed by atoms with van der Waals surface area (Å²) in [6.45, 7) is 1.98. The molecule has 8 heteroatoms. The summed E-state index contributed by atoms with van der Waals surface area (Å²) in [5, 5.41) is 7.12. The van der Waals surface area contributed by atoms with Crippen molar-refractivity contribution in [3.8, 4) is 5.75 Å². The highest BCUT2D eigenvalue weighted by molar-refractivity contribution is 7.28. The number of methoxy groups -OCH3 is 1. The molecule has 0 aliphatic carbocycles. The van der Waals surface area contributed by atoms with Gasteiger partial charge in [-0.1, -0.05) is 23.5 Å². The van der Waals surface area contributed by atoms with Crippen molar-refractivity contribution in [3.63, 3.8) is 0 Å². The number of benzene rings is 2. The average molecular weight is 370 g/mol. The molecule has 0 unspecified atom stereocenters. The van der Waals surface area contributed by atoms with Crippen molar-refractivity contribution < 1.29 is 9.53 Å². The fraction of sp³-hybridized carbons (Fsp3) is 0.118. The van der Waals surface area contributed by atoms with Gasteiger partial charge in [-0.05, 0) is 31.2 Å². The van der Waals surface area contributed by atoms with Crippen LogP contribution in [0.25, 0.3) is 20.4 Å². The van der Waals surface area contributed by atoms with Crippen LogP contribution in [-0.4, -0.2) is 23.1 Å². The van der Waals surface area contributed by atoms with Gasteiger partial charge in [0.05, 0.1) is 38.2 Å². The van der Waals surface area contributed by atoms with Gasteiger partial charge in [-0.3, -0.25) is 5.32 Å². The highest BCUT2D eigenvalue weighted by Gasteiger charge is 2.13. The number of anilines is 2. The van der Waals surface area contributed by atoms with Crippen molar-refractivity contribution in [2.45, 2.75) is 6.92 Å². The van der Waals surface area contributed by atoms with Crippen LogP contribution in [0.15, 0.2) is 36.4 Å². The predicted octanol–water partition coefficient (Wildman–Crippen LogP) is 4.87. The molecule has 2 heterocycles. The molecule has 2 amide bonds. The number of para-hydroxylation sites is 2. The molecule has 126 valence electrons. The molecule has 0 spiro atoms. The summed E-state index contributed by atoms with van der Waals surface area (Å²) in [5.41, 5.74) is 2.42. The summed E-state index contributed by atoms with van der Waals surface area (Å²) >= 11 is 3.08. The zero-order valence-corrected chi connectivity index (χ0v) is 15.1. The van der Waals surface area contributed by atoms with Crippen molar-refractivity contribution in [2.75, 3.05) is 17.7 Å². The van der Waals surface area contributed by atoms with E-state index in [0.29, 0.717) is 16.6 Å². The fourth-order valence-corrected chi connectivity index (χ4v) is 4.54. The zero-order chi connectivity index (χ0) is 17.4. The molecule has 6 nitrogen and oxygen atoms in total. The number of hydrogen-bond acceptors (Lipinski definition) is 6. The Labute approximate surface area is 151 Å². The minimum Gasteiger partial charge on any atom is -0.495 e. The van der Waals surface area contributed by atoms with Crippen LogP contribution in [0.1, 0.15) is 5.01 Å². The van der Waals surface area contributed by atoms with Crippen molar-refractivity contribution in [1.82, 2.24) is 9.97 Å². The number of ether oxygens (including phenoxy) is 1. The van der Waals surface area contributed by atoms with Crippen LogP contribution in [0.3, 0.4) is 0 Å². The normalized spacial score (nSPS) is 11.0. The van der Waals surface area contributed by atoms with E-state index in [1.54, 1.807) is 30.6 Å². The Morgan fingerprint density at radius 2 is 1.72 bits per heavy atom. The molecule has 2 aromatic heterocycles. The summed E-state index contributed by atoms with van der Waals surface area (Å²) in [7, 11) is 1.56. The van der Waals surface area contributed by atoms with Crippen molar-refractivity contribution in [2.24, 2.45) is 0 Å². The molecule has 0 aliphatic rings. The number of carbonyl (C=O) groups excluding carboxylic acids is 1. The lowest BCUT2D eigenvalue weighted by Crippen LogP contribution is -2.19. The molecule has 0 radical (unpaired) electrons. The van der Waals surface area contributed by atoms with Gasteiger partial charge in [0.25, 0.3) is 0 Å². The van der Waals surface area contributed by atoms with Gasteiger partial charge in [0.1, 0.15) is 5.75 Å². The van der Waals surface area contributed by atoms with Gasteiger partial charge < -0.3 is 10.1 Å². The first-order chi connectivity index (χ1) is 12.1. The maximum Gasteiger partial charge on any atom is 0.325 e. The number of amides is 2. The van der Waals surface area contributed by atoms with Crippen LogP contribution in [0.5, 0.6) is 5.75 Å². The predicted molar refractivity (Wildman–Crippen MR) is 103 cm³/mol. The maximum atomic E-state index is 12.3. The van der Waals surface area contributed by atoms with Crippen molar-refractivity contribution >= 4 is 60.0 Å². The second kappa shape index (κ2) is 6.30. The van der Waals surface area contributed by atoms with Crippen LogP contribution in [0, 0.1) is 6.92 Å². The summed E-state index contributed by atoms with van der Waals surface area (Å²) in [6.07, 6.45) is 0. The molecule has 2 N–H and O–H groups in total. The highest BCUT2D eigenvalue weighted by Crippen LogP contribution is 2.35. The summed E-state index contributed by atoms with van der Waals surface area (Å²) in [6, 6.07) is 10.8. The van der Waals surface area contributed by atoms with Gasteiger partial charge in [-0.15, -0.1) is 11.3 Å². The Bertz CT molecular complexity index is 1090. The third-order valence-electron chi connectivity index (χ3n) is 3.59. The number of urea groups is 1. The Morgan fingerprint density at radius 3 is 2.52 bits per heavy atom. The molecule has 0 fully saturated rings. The van der Waals surface area contributed by atoms with Crippen molar-refractivity contribution in [3.05, 3.63) is 41.4 Å². The van der Waals surface area contributed by atoms with Crippen LogP contribution >= 0.6 is 22.7 Å². The van der Waals surface area contributed by atoms with Gasteiger partial charge in [0.2, 0.25) is 0 Å². The Kier molecular flexibility index (Phi) is 3.98.